The van der Waals surface area contributed by atoms with Gasteiger partial charge < -0.3 is 0 Å². The zero-order valence-electron chi connectivity index (χ0n) is 8.08. The van der Waals surface area contributed by atoms with Gasteiger partial charge in [-0.1, -0.05) is 44.9 Å². The number of rotatable bonds is 2. The maximum absolute atomic E-state index is 2.65. The maximum Gasteiger partial charge on any atom is 0.0444 e. The van der Waals surface area contributed by atoms with Gasteiger partial charge in [-0.05, 0) is 0 Å². The van der Waals surface area contributed by atoms with E-state index in [-0.39, 0.29) is 26.2 Å². The molecule has 0 atom stereocenters. The van der Waals surface area contributed by atoms with Crippen molar-refractivity contribution in [3.05, 3.63) is 5.67 Å². The van der Waals surface area contributed by atoms with Crippen molar-refractivity contribution in [2.45, 2.75) is 39.3 Å². The van der Waals surface area contributed by atoms with Gasteiger partial charge in [0.25, 0.3) is 0 Å². The molecule has 0 aromatic carbocycles. The molecule has 0 rings (SSSR count). The third-order valence-electron chi connectivity index (χ3n) is 0.866. The first-order chi connectivity index (χ1) is 3.71. The summed E-state index contributed by atoms with van der Waals surface area (Å²) in [6.07, 6.45) is 0. The summed E-state index contributed by atoms with van der Waals surface area (Å²) < 4.78 is 0. The largest absolute Gasteiger partial charge is 0.0696 e. The molecule has 0 aromatic heterocycles. The van der Waals surface area contributed by atoms with Crippen LogP contribution in [0.2, 0.25) is 39.3 Å². The Kier molecular flexibility index (Phi) is 6.06. The third kappa shape index (κ3) is 12.0. The van der Waals surface area contributed by atoms with Crippen LogP contribution in [-0.4, -0.2) is 16.1 Å². The SMILES string of the molecule is C[Si](C)(C)[CH][Si](C)(C)C.[Zr]. The van der Waals surface area contributed by atoms with Gasteiger partial charge in [-0.15, -0.1) is 0 Å². The molecule has 0 N–H and O–H groups in total. The molecule has 0 aliphatic carbocycles. The molecule has 0 nitrogen and oxygen atoms in total. The van der Waals surface area contributed by atoms with E-state index in [1.165, 1.54) is 0 Å². The van der Waals surface area contributed by atoms with Crippen LogP contribution < -0.4 is 0 Å². The van der Waals surface area contributed by atoms with Crippen molar-refractivity contribution in [1.29, 1.82) is 0 Å². The van der Waals surface area contributed by atoms with Gasteiger partial charge >= 0.3 is 0 Å². The molecular weight excluding hydrogens is 231 g/mol. The van der Waals surface area contributed by atoms with Crippen LogP contribution in [0.1, 0.15) is 0 Å². The summed E-state index contributed by atoms with van der Waals surface area (Å²) in [5.74, 6) is 0. The minimum Gasteiger partial charge on any atom is -0.0696 e. The molecule has 0 saturated carbocycles. The second-order valence-corrected chi connectivity index (χ2v) is 15.5. The van der Waals surface area contributed by atoms with Gasteiger partial charge in [0.1, 0.15) is 0 Å². The predicted octanol–water partition coefficient (Wildman–Crippen LogP) is 2.94. The van der Waals surface area contributed by atoms with E-state index in [2.05, 4.69) is 44.9 Å². The fraction of sp³-hybridized carbons (Fsp3) is 0.857. The first kappa shape index (κ1) is 13.9. The van der Waals surface area contributed by atoms with E-state index in [0.29, 0.717) is 0 Å². The summed E-state index contributed by atoms with van der Waals surface area (Å²) in [4.78, 5) is 0. The molecule has 0 spiro atoms. The van der Waals surface area contributed by atoms with Crippen molar-refractivity contribution < 1.29 is 26.2 Å². The van der Waals surface area contributed by atoms with Gasteiger partial charge in [-0.3, -0.25) is 0 Å². The molecule has 1 radical (unpaired) electrons. The Bertz CT molecular complexity index is 76.8. The van der Waals surface area contributed by atoms with Gasteiger partial charge in [0.2, 0.25) is 0 Å². The Morgan fingerprint density at radius 2 is 0.900 bits per heavy atom. The van der Waals surface area contributed by atoms with E-state index in [1.54, 1.807) is 0 Å². The van der Waals surface area contributed by atoms with Crippen molar-refractivity contribution in [3.8, 4) is 0 Å². The molecule has 0 aliphatic heterocycles. The molecule has 0 fully saturated rings. The van der Waals surface area contributed by atoms with Crippen LogP contribution in [0.25, 0.3) is 0 Å². The van der Waals surface area contributed by atoms with Crippen LogP contribution >= 0.6 is 0 Å². The monoisotopic (exact) mass is 249 g/mol. The summed E-state index contributed by atoms with van der Waals surface area (Å²) in [5.41, 5.74) is 2.65. The van der Waals surface area contributed by atoms with Gasteiger partial charge in [0.15, 0.2) is 0 Å². The summed E-state index contributed by atoms with van der Waals surface area (Å²) in [5, 5.41) is 0. The minimum atomic E-state index is -0.856. The van der Waals surface area contributed by atoms with Crippen molar-refractivity contribution in [2.24, 2.45) is 0 Å². The molecule has 0 bridgehead atoms. The van der Waals surface area contributed by atoms with Crippen LogP contribution in [0.3, 0.4) is 0 Å². The van der Waals surface area contributed by atoms with Crippen LogP contribution in [0, 0.1) is 5.67 Å². The van der Waals surface area contributed by atoms with E-state index in [0.717, 1.165) is 0 Å². The van der Waals surface area contributed by atoms with Gasteiger partial charge in [0.05, 0.1) is 0 Å². The Balaban J connectivity index is 0. The normalized spacial score (nSPS) is 12.6. The Morgan fingerprint density at radius 3 is 0.900 bits per heavy atom. The molecule has 0 unspecified atom stereocenters. The molecule has 3 heteroatoms. The Morgan fingerprint density at radius 1 is 0.700 bits per heavy atom. The van der Waals surface area contributed by atoms with Crippen molar-refractivity contribution in [2.75, 3.05) is 0 Å². The molecule has 0 aromatic rings. The van der Waals surface area contributed by atoms with Crippen LogP contribution in [0.15, 0.2) is 0 Å². The Hall–Kier alpha value is 1.32. The second-order valence-electron chi connectivity index (χ2n) is 4.88. The first-order valence-electron chi connectivity index (χ1n) is 3.58. The maximum atomic E-state index is 2.65. The molecule has 0 amide bonds. The third-order valence-corrected chi connectivity index (χ3v) is 7.79. The van der Waals surface area contributed by atoms with Crippen LogP contribution in [0.5, 0.6) is 0 Å². The molecule has 0 saturated heterocycles. The molecule has 59 valence electrons. The zero-order chi connectivity index (χ0) is 7.71. The fourth-order valence-electron chi connectivity index (χ4n) is 1.30. The van der Waals surface area contributed by atoms with E-state index in [9.17, 15) is 0 Å². The van der Waals surface area contributed by atoms with Gasteiger partial charge in [-0.2, -0.15) is 0 Å². The Labute approximate surface area is 86.9 Å². The van der Waals surface area contributed by atoms with Gasteiger partial charge in [0, 0.05) is 42.4 Å². The molecular formula is C7H19Si2Zr. The summed E-state index contributed by atoms with van der Waals surface area (Å²) in [6.45, 7) is 14.4. The van der Waals surface area contributed by atoms with Crippen molar-refractivity contribution in [3.63, 3.8) is 0 Å². The van der Waals surface area contributed by atoms with Crippen molar-refractivity contribution in [1.82, 2.24) is 0 Å². The standard InChI is InChI=1S/C7H19Si2.Zr/c1-8(2,3)7-9(4,5)6;/h7H,1-6H3;. The fourth-order valence-corrected chi connectivity index (χ4v) is 11.7. The van der Waals surface area contributed by atoms with Crippen molar-refractivity contribution >= 4 is 16.1 Å². The molecule has 0 aliphatic rings. The van der Waals surface area contributed by atoms with E-state index < -0.39 is 16.1 Å². The first-order valence-corrected chi connectivity index (χ1v) is 10.7. The summed E-state index contributed by atoms with van der Waals surface area (Å²) in [7, 11) is -1.71. The predicted molar refractivity (Wildman–Crippen MR) is 51.0 cm³/mol. The van der Waals surface area contributed by atoms with Gasteiger partial charge in [-0.25, -0.2) is 0 Å². The topological polar surface area (TPSA) is 0 Å². The molecule has 0 heterocycles. The average molecular weight is 251 g/mol. The average Bonchev–Trinajstić information content (AvgIpc) is 1.14. The van der Waals surface area contributed by atoms with Crippen LogP contribution in [-0.2, 0) is 26.2 Å². The minimum absolute atomic E-state index is 0. The van der Waals surface area contributed by atoms with Crippen LogP contribution in [0.4, 0.5) is 0 Å². The second kappa shape index (κ2) is 4.37. The number of hydrogen-bond donors (Lipinski definition) is 0. The summed E-state index contributed by atoms with van der Waals surface area (Å²) >= 11 is 0. The van der Waals surface area contributed by atoms with E-state index in [4.69, 9.17) is 0 Å². The molecule has 10 heavy (non-hydrogen) atoms. The van der Waals surface area contributed by atoms with E-state index >= 15 is 0 Å². The van der Waals surface area contributed by atoms with E-state index in [1.807, 2.05) is 0 Å². The smallest absolute Gasteiger partial charge is 0.0444 e. The zero-order valence-corrected chi connectivity index (χ0v) is 12.5. The quantitative estimate of drug-likeness (QED) is 0.661. The number of hydrogen-bond acceptors (Lipinski definition) is 0. The summed E-state index contributed by atoms with van der Waals surface area (Å²) in [6, 6.07) is 0.